The van der Waals surface area contributed by atoms with Crippen LogP contribution in [0.5, 0.6) is 0 Å². The number of nitriles is 1. The molecule has 7 rings (SSSR count). The van der Waals surface area contributed by atoms with E-state index in [0.717, 1.165) is 22.2 Å². The minimum absolute atomic E-state index is 0. The van der Waals surface area contributed by atoms with Crippen LogP contribution in [0.1, 0.15) is 91.4 Å². The Morgan fingerprint density at radius 2 is 1.42 bits per heavy atom. The Morgan fingerprint density at radius 3 is 1.98 bits per heavy atom. The van der Waals surface area contributed by atoms with Gasteiger partial charge >= 0.3 is 0 Å². The van der Waals surface area contributed by atoms with Crippen LogP contribution in [-0.2, 0) is 36.4 Å². The predicted octanol–water partition coefficient (Wildman–Crippen LogP) is 12.4. The molecule has 7 aromatic rings. The van der Waals surface area contributed by atoms with Crippen molar-refractivity contribution in [3.8, 4) is 39.7 Å². The molecule has 3 heterocycles. The molecule has 0 aliphatic carbocycles. The number of furan rings is 1. The monoisotopic (exact) mass is 865 g/mol. The van der Waals surface area contributed by atoms with Crippen LogP contribution in [-0.4, -0.2) is 9.97 Å². The van der Waals surface area contributed by atoms with Crippen LogP contribution in [0.2, 0.25) is 0 Å². The van der Waals surface area contributed by atoms with Gasteiger partial charge in [-0.05, 0) is 50.9 Å². The normalized spacial score (nSPS) is 13.1. The Morgan fingerprint density at radius 1 is 0.712 bits per heavy atom. The first-order valence-corrected chi connectivity index (χ1v) is 17.1. The van der Waals surface area contributed by atoms with Crippen molar-refractivity contribution in [3.05, 3.63) is 144 Å². The molecular formula is C47H45IrN3O-2. The Bertz CT molecular complexity index is 2540. The van der Waals surface area contributed by atoms with E-state index in [1.165, 1.54) is 11.1 Å². The van der Waals surface area contributed by atoms with E-state index in [9.17, 15) is 5.26 Å². The summed E-state index contributed by atoms with van der Waals surface area (Å²) in [5.74, 6) is 0. The van der Waals surface area contributed by atoms with E-state index in [4.69, 9.17) is 11.3 Å². The molecule has 0 unspecified atom stereocenters. The largest absolute Gasteiger partial charge is 0.500 e. The fraction of sp³-hybridized carbons (Fsp3) is 0.255. The number of aromatic nitrogens is 2. The zero-order valence-corrected chi connectivity index (χ0v) is 33.5. The van der Waals surface area contributed by atoms with E-state index in [2.05, 4.69) is 121 Å². The zero-order chi connectivity index (χ0) is 40.9. The van der Waals surface area contributed by atoms with Gasteiger partial charge in [0.05, 0.1) is 24.1 Å². The van der Waals surface area contributed by atoms with Crippen LogP contribution in [0.25, 0.3) is 55.6 Å². The van der Waals surface area contributed by atoms with E-state index >= 15 is 0 Å². The van der Waals surface area contributed by atoms with Crippen LogP contribution < -0.4 is 0 Å². The molecule has 0 amide bonds. The molecule has 0 saturated heterocycles. The van der Waals surface area contributed by atoms with Gasteiger partial charge in [0, 0.05) is 43.4 Å². The average Bonchev–Trinajstić information content (AvgIpc) is 3.55. The van der Waals surface area contributed by atoms with E-state index in [1.807, 2.05) is 30.5 Å². The van der Waals surface area contributed by atoms with E-state index < -0.39 is 30.2 Å². The molecule has 0 spiro atoms. The predicted molar refractivity (Wildman–Crippen MR) is 211 cm³/mol. The summed E-state index contributed by atoms with van der Waals surface area (Å²) in [7, 11) is 0. The summed E-state index contributed by atoms with van der Waals surface area (Å²) in [6.07, 6.45) is 3.65. The maximum Gasteiger partial charge on any atom is 0.130 e. The van der Waals surface area contributed by atoms with E-state index in [0.29, 0.717) is 22.2 Å². The molecule has 3 aromatic heterocycles. The van der Waals surface area contributed by atoms with Crippen LogP contribution in [0.4, 0.5) is 0 Å². The smallest absolute Gasteiger partial charge is 0.130 e. The average molecular weight is 865 g/mol. The van der Waals surface area contributed by atoms with Gasteiger partial charge in [0.1, 0.15) is 5.58 Å². The second-order valence-corrected chi connectivity index (χ2v) is 15.7. The second-order valence-electron chi connectivity index (χ2n) is 15.7. The summed E-state index contributed by atoms with van der Waals surface area (Å²) in [5.41, 5.74) is 7.95. The van der Waals surface area contributed by atoms with Crippen LogP contribution in [0.3, 0.4) is 0 Å². The Kier molecular flexibility index (Phi) is 9.18. The van der Waals surface area contributed by atoms with Gasteiger partial charge < -0.3 is 14.4 Å². The Hall–Kier alpha value is -4.88. The van der Waals surface area contributed by atoms with Crippen molar-refractivity contribution < 1.29 is 31.4 Å². The molecule has 5 heteroatoms. The maximum atomic E-state index is 9.94. The summed E-state index contributed by atoms with van der Waals surface area (Å²) in [6.45, 7) is 19.5. The van der Waals surface area contributed by atoms with Gasteiger partial charge in [-0.25, -0.2) is 0 Å². The third-order valence-electron chi connectivity index (χ3n) is 8.90. The number of hydrogen-bond acceptors (Lipinski definition) is 4. The van der Waals surface area contributed by atoms with Crippen LogP contribution in [0, 0.1) is 23.5 Å². The Balaban J connectivity index is 0.000000251. The third kappa shape index (κ3) is 7.95. The molecule has 4 nitrogen and oxygen atoms in total. The number of pyridine rings is 2. The van der Waals surface area contributed by atoms with Gasteiger partial charge in [0.2, 0.25) is 0 Å². The first-order chi connectivity index (χ1) is 26.2. The number of hydrogen-bond donors (Lipinski definition) is 0. The molecule has 52 heavy (non-hydrogen) atoms. The summed E-state index contributed by atoms with van der Waals surface area (Å²) in [6, 6.07) is 28.0. The summed E-state index contributed by atoms with van der Waals surface area (Å²) >= 11 is 0. The fourth-order valence-corrected chi connectivity index (χ4v) is 5.94. The van der Waals surface area contributed by atoms with Crippen LogP contribution in [0.15, 0.2) is 114 Å². The van der Waals surface area contributed by atoms with Gasteiger partial charge in [0.25, 0.3) is 0 Å². The molecule has 0 saturated carbocycles. The summed E-state index contributed by atoms with van der Waals surface area (Å²) < 4.78 is 47.8. The summed E-state index contributed by atoms with van der Waals surface area (Å²) in [4.78, 5) is 9.04. The second kappa shape index (κ2) is 15.0. The molecular weight excluding hydrogens is 815 g/mol. The van der Waals surface area contributed by atoms with E-state index in [-0.39, 0.29) is 58.6 Å². The molecule has 0 aliphatic heterocycles. The first kappa shape index (κ1) is 31.8. The van der Waals surface area contributed by atoms with Gasteiger partial charge in [-0.2, -0.15) is 5.26 Å². The molecule has 0 N–H and O–H groups in total. The quantitative estimate of drug-likeness (QED) is 0.166. The SMILES string of the molecule is CC(C)(C)c1c[c-]c(-c2ccc(C(C)(C)C)cn2)cc1.[2H]c1c([2H])c([2H])c(-c2c(C#N)ccc3c2oc2c(-c4ccccn4)[c-]cc(C(C)(C)C)c23)c([2H])c1[2H].[Ir]. The van der Waals surface area contributed by atoms with Crippen molar-refractivity contribution >= 4 is 21.9 Å². The van der Waals surface area contributed by atoms with Crippen molar-refractivity contribution in [1.82, 2.24) is 9.97 Å². The van der Waals surface area contributed by atoms with Gasteiger partial charge in [-0.1, -0.05) is 134 Å². The first-order valence-electron chi connectivity index (χ1n) is 19.6. The topological polar surface area (TPSA) is 62.7 Å². The Labute approximate surface area is 329 Å². The van der Waals surface area contributed by atoms with Crippen molar-refractivity contribution in [1.29, 1.82) is 5.26 Å². The maximum absolute atomic E-state index is 9.94. The molecule has 1 radical (unpaired) electrons. The minimum atomic E-state index is -0.494. The number of nitrogens with zero attached hydrogens (tertiary/aromatic N) is 3. The molecule has 0 fully saturated rings. The van der Waals surface area contributed by atoms with Crippen molar-refractivity contribution in [3.63, 3.8) is 0 Å². The van der Waals surface area contributed by atoms with Gasteiger partial charge in [-0.3, -0.25) is 0 Å². The molecule has 0 bridgehead atoms. The van der Waals surface area contributed by atoms with E-state index in [1.54, 1.807) is 18.3 Å². The zero-order valence-electron chi connectivity index (χ0n) is 36.1. The van der Waals surface area contributed by atoms with Gasteiger partial charge in [0.15, 0.2) is 0 Å². The molecule has 0 aliphatic rings. The van der Waals surface area contributed by atoms with Gasteiger partial charge in [-0.15, -0.1) is 53.1 Å². The third-order valence-corrected chi connectivity index (χ3v) is 8.90. The van der Waals surface area contributed by atoms with Crippen molar-refractivity contribution in [2.45, 2.75) is 78.6 Å². The number of benzene rings is 4. The minimum Gasteiger partial charge on any atom is -0.500 e. The molecule has 265 valence electrons. The molecule has 4 aromatic carbocycles. The summed E-state index contributed by atoms with van der Waals surface area (Å²) in [5, 5.41) is 11.4. The standard InChI is InChI=1S/C28H21N2O.C19H24N.Ir/c1-28(2,3)22-15-14-20(23-11-7-8-16-30-23)26-25(22)21-13-12-19(17-29)24(27(21)31-26)18-9-5-4-6-10-18;1-18(2,3)15-9-7-14(8-10-15)17-12-11-16(13-20-17)19(4,5)6;/h4-13,15-16H,1-3H3;7,9-13H,1-6H3;/q2*-1;/i4D,5D,6D,9D,10D;;. The fourth-order valence-electron chi connectivity index (χ4n) is 5.94. The number of fused-ring (bicyclic) bond motifs is 3. The molecule has 0 atom stereocenters. The van der Waals surface area contributed by atoms with Crippen molar-refractivity contribution in [2.24, 2.45) is 0 Å². The van der Waals surface area contributed by atoms with Crippen LogP contribution >= 0.6 is 0 Å². The van der Waals surface area contributed by atoms with Crippen molar-refractivity contribution in [2.75, 3.05) is 0 Å². The number of rotatable bonds is 3.